The molecule has 1 saturated heterocycles. The molecule has 1 aliphatic heterocycles. The molecule has 0 bridgehead atoms. The first-order valence-corrected chi connectivity index (χ1v) is 8.48. The molecular weight excluding hydrogens is 322 g/mol. The number of halogens is 1. The Morgan fingerprint density at radius 3 is 2.57 bits per heavy atom. The summed E-state index contributed by atoms with van der Waals surface area (Å²) in [5.74, 6) is 1.14. The molecular formula is C19H22BrN. The van der Waals surface area contributed by atoms with Crippen molar-refractivity contribution < 1.29 is 0 Å². The van der Waals surface area contributed by atoms with E-state index >= 15 is 0 Å². The lowest BCUT2D eigenvalue weighted by Crippen LogP contribution is -2.34. The van der Waals surface area contributed by atoms with Gasteiger partial charge in [0.1, 0.15) is 0 Å². The van der Waals surface area contributed by atoms with Gasteiger partial charge in [0.05, 0.1) is 0 Å². The Labute approximate surface area is 135 Å². The van der Waals surface area contributed by atoms with Crippen molar-refractivity contribution in [3.8, 4) is 0 Å². The average Bonchev–Trinajstić information content (AvgIpc) is 2.47. The van der Waals surface area contributed by atoms with Crippen molar-refractivity contribution >= 4 is 15.9 Å². The molecule has 0 radical (unpaired) electrons. The first-order valence-electron chi connectivity index (χ1n) is 7.68. The predicted octanol–water partition coefficient (Wildman–Crippen LogP) is 4.93. The molecule has 0 spiro atoms. The summed E-state index contributed by atoms with van der Waals surface area (Å²) in [7, 11) is 0. The van der Waals surface area contributed by atoms with Crippen LogP contribution in [-0.2, 0) is 0 Å². The summed E-state index contributed by atoms with van der Waals surface area (Å²) in [5, 5.41) is 3.57. The van der Waals surface area contributed by atoms with E-state index in [0.717, 1.165) is 13.1 Å². The maximum absolute atomic E-state index is 3.78. The van der Waals surface area contributed by atoms with Gasteiger partial charge in [0.25, 0.3) is 0 Å². The molecule has 1 nitrogen and oxygen atoms in total. The fourth-order valence-electron chi connectivity index (χ4n) is 3.41. The van der Waals surface area contributed by atoms with Crippen LogP contribution in [-0.4, -0.2) is 13.1 Å². The van der Waals surface area contributed by atoms with E-state index in [1.54, 1.807) is 0 Å². The van der Waals surface area contributed by atoms with Gasteiger partial charge in [-0.1, -0.05) is 57.9 Å². The van der Waals surface area contributed by atoms with Gasteiger partial charge in [-0.2, -0.15) is 0 Å². The van der Waals surface area contributed by atoms with Crippen molar-refractivity contribution in [3.63, 3.8) is 0 Å². The number of aryl methyl sites for hydroxylation is 2. The van der Waals surface area contributed by atoms with Gasteiger partial charge in [0.15, 0.2) is 0 Å². The van der Waals surface area contributed by atoms with E-state index in [1.165, 1.54) is 33.1 Å². The lowest BCUT2D eigenvalue weighted by atomic mass is 9.77. The van der Waals surface area contributed by atoms with Crippen LogP contribution in [0.25, 0.3) is 0 Å². The van der Waals surface area contributed by atoms with Crippen molar-refractivity contribution in [1.82, 2.24) is 5.32 Å². The molecule has 0 aromatic heterocycles. The number of benzene rings is 2. The molecule has 0 aliphatic carbocycles. The number of piperidine rings is 1. The molecule has 3 rings (SSSR count). The summed E-state index contributed by atoms with van der Waals surface area (Å²) in [5.41, 5.74) is 5.57. The minimum Gasteiger partial charge on any atom is -0.316 e. The topological polar surface area (TPSA) is 12.0 Å². The molecule has 1 heterocycles. The van der Waals surface area contributed by atoms with Gasteiger partial charge in [-0.3, -0.25) is 0 Å². The number of nitrogens with one attached hydrogen (secondary N) is 1. The van der Waals surface area contributed by atoms with Crippen LogP contribution in [0.15, 0.2) is 46.9 Å². The van der Waals surface area contributed by atoms with E-state index in [1.807, 2.05) is 0 Å². The highest BCUT2D eigenvalue weighted by molar-refractivity contribution is 9.10. The van der Waals surface area contributed by atoms with E-state index in [4.69, 9.17) is 0 Å². The molecule has 2 heteroatoms. The van der Waals surface area contributed by atoms with Crippen LogP contribution in [0.4, 0.5) is 0 Å². The molecule has 0 amide bonds. The van der Waals surface area contributed by atoms with Crippen molar-refractivity contribution in [1.29, 1.82) is 0 Å². The Kier molecular flexibility index (Phi) is 4.46. The average molecular weight is 344 g/mol. The van der Waals surface area contributed by atoms with Crippen LogP contribution in [0.3, 0.4) is 0 Å². The summed E-state index contributed by atoms with van der Waals surface area (Å²) in [6, 6.07) is 15.8. The zero-order chi connectivity index (χ0) is 14.8. The van der Waals surface area contributed by atoms with Crippen molar-refractivity contribution in [2.24, 2.45) is 0 Å². The molecule has 2 unspecified atom stereocenters. The zero-order valence-electron chi connectivity index (χ0n) is 12.7. The maximum atomic E-state index is 3.78. The summed E-state index contributed by atoms with van der Waals surface area (Å²) < 4.78 is 1.26. The van der Waals surface area contributed by atoms with Crippen LogP contribution in [0, 0.1) is 13.8 Å². The van der Waals surface area contributed by atoms with Crippen molar-refractivity contribution in [2.45, 2.75) is 32.1 Å². The molecule has 110 valence electrons. The van der Waals surface area contributed by atoms with Gasteiger partial charge in [-0.05, 0) is 55.5 Å². The summed E-state index contributed by atoms with van der Waals surface area (Å²) in [6.07, 6.45) is 1.19. The SMILES string of the molecule is Cc1cccc(C2CNCCC2c2ccc(C)cc2Br)c1. The van der Waals surface area contributed by atoms with Crippen LogP contribution in [0.2, 0.25) is 0 Å². The predicted molar refractivity (Wildman–Crippen MR) is 93.0 cm³/mol. The first-order chi connectivity index (χ1) is 10.1. The Morgan fingerprint density at radius 2 is 1.81 bits per heavy atom. The smallest absolute Gasteiger partial charge is 0.0212 e. The second-order valence-corrected chi connectivity index (χ2v) is 7.00. The fraction of sp³-hybridized carbons (Fsp3) is 0.368. The van der Waals surface area contributed by atoms with Crippen LogP contribution >= 0.6 is 15.9 Å². The molecule has 2 aromatic rings. The largest absolute Gasteiger partial charge is 0.316 e. The van der Waals surface area contributed by atoms with E-state index < -0.39 is 0 Å². The third-order valence-electron chi connectivity index (χ3n) is 4.51. The maximum Gasteiger partial charge on any atom is 0.0212 e. The zero-order valence-corrected chi connectivity index (χ0v) is 14.3. The van der Waals surface area contributed by atoms with E-state index in [-0.39, 0.29) is 0 Å². The number of hydrogen-bond acceptors (Lipinski definition) is 1. The lowest BCUT2D eigenvalue weighted by Gasteiger charge is -2.34. The summed E-state index contributed by atoms with van der Waals surface area (Å²) >= 11 is 3.78. The molecule has 2 aromatic carbocycles. The fourth-order valence-corrected chi connectivity index (χ4v) is 4.20. The molecule has 1 fully saturated rings. The standard InChI is InChI=1S/C19H22BrN/c1-13-4-3-5-15(10-13)18-12-21-9-8-16(18)17-7-6-14(2)11-19(17)20/h3-7,10-11,16,18,21H,8-9,12H2,1-2H3. The Balaban J connectivity index is 1.98. The Bertz CT molecular complexity index is 635. The van der Waals surface area contributed by atoms with E-state index in [9.17, 15) is 0 Å². The number of hydrogen-bond donors (Lipinski definition) is 1. The third-order valence-corrected chi connectivity index (χ3v) is 5.19. The van der Waals surface area contributed by atoms with Gasteiger partial charge in [-0.25, -0.2) is 0 Å². The molecule has 21 heavy (non-hydrogen) atoms. The summed E-state index contributed by atoms with van der Waals surface area (Å²) in [4.78, 5) is 0. The third kappa shape index (κ3) is 3.22. The van der Waals surface area contributed by atoms with Gasteiger partial charge in [-0.15, -0.1) is 0 Å². The van der Waals surface area contributed by atoms with Crippen LogP contribution in [0.5, 0.6) is 0 Å². The molecule has 2 atom stereocenters. The second-order valence-electron chi connectivity index (χ2n) is 6.14. The van der Waals surface area contributed by atoms with Gasteiger partial charge >= 0.3 is 0 Å². The Hall–Kier alpha value is -1.12. The highest BCUT2D eigenvalue weighted by Crippen LogP contribution is 2.40. The molecule has 0 saturated carbocycles. The van der Waals surface area contributed by atoms with E-state index in [2.05, 4.69) is 77.6 Å². The highest BCUT2D eigenvalue weighted by Gasteiger charge is 2.28. The molecule has 1 aliphatic rings. The van der Waals surface area contributed by atoms with Crippen molar-refractivity contribution in [3.05, 3.63) is 69.2 Å². The molecule has 1 N–H and O–H groups in total. The van der Waals surface area contributed by atoms with Gasteiger partial charge < -0.3 is 5.32 Å². The normalized spacial score (nSPS) is 22.2. The van der Waals surface area contributed by atoms with Gasteiger partial charge in [0, 0.05) is 16.9 Å². The minimum absolute atomic E-state index is 0.553. The highest BCUT2D eigenvalue weighted by atomic mass is 79.9. The Morgan fingerprint density at radius 1 is 1.00 bits per heavy atom. The van der Waals surface area contributed by atoms with Crippen LogP contribution < -0.4 is 5.32 Å². The second kappa shape index (κ2) is 6.33. The van der Waals surface area contributed by atoms with Crippen LogP contribution in [0.1, 0.15) is 40.5 Å². The van der Waals surface area contributed by atoms with Crippen molar-refractivity contribution in [2.75, 3.05) is 13.1 Å². The van der Waals surface area contributed by atoms with Gasteiger partial charge in [0.2, 0.25) is 0 Å². The lowest BCUT2D eigenvalue weighted by molar-refractivity contribution is 0.403. The van der Waals surface area contributed by atoms with E-state index in [0.29, 0.717) is 11.8 Å². The minimum atomic E-state index is 0.553. The first kappa shape index (κ1) is 14.8. The summed E-state index contributed by atoms with van der Waals surface area (Å²) in [6.45, 7) is 6.49. The quantitative estimate of drug-likeness (QED) is 0.815. The monoisotopic (exact) mass is 343 g/mol. The number of rotatable bonds is 2.